The largest absolute Gasteiger partial charge is 0.378 e. The highest BCUT2D eigenvalue weighted by Gasteiger charge is 2.29. The van der Waals surface area contributed by atoms with Crippen molar-refractivity contribution in [2.45, 2.75) is 26.3 Å². The zero-order valence-electron chi connectivity index (χ0n) is 14.1. The second-order valence-electron chi connectivity index (χ2n) is 6.21. The van der Waals surface area contributed by atoms with E-state index in [1.54, 1.807) is 19.2 Å². The highest BCUT2D eigenvalue weighted by molar-refractivity contribution is 5.93. The van der Waals surface area contributed by atoms with Gasteiger partial charge in [-0.05, 0) is 26.0 Å². The molecule has 2 aromatic heterocycles. The Morgan fingerprint density at radius 1 is 1.33 bits per heavy atom. The van der Waals surface area contributed by atoms with E-state index in [1.165, 1.54) is 0 Å². The standard InChI is InChI=1S/C16H21N5O3/c1-11-18-15(20-24-11)16(2,3)19-14(22)13-10-12(4-5-17-13)21-6-8-23-9-7-21/h4-5,10H,6-9H2,1-3H3,(H,19,22). The van der Waals surface area contributed by atoms with Crippen LogP contribution in [0.15, 0.2) is 22.9 Å². The van der Waals surface area contributed by atoms with Gasteiger partial charge in [0, 0.05) is 31.9 Å². The van der Waals surface area contributed by atoms with E-state index in [4.69, 9.17) is 9.26 Å². The highest BCUT2D eigenvalue weighted by atomic mass is 16.5. The predicted molar refractivity (Wildman–Crippen MR) is 86.8 cm³/mol. The van der Waals surface area contributed by atoms with Gasteiger partial charge in [0.05, 0.1) is 18.8 Å². The number of amides is 1. The van der Waals surface area contributed by atoms with Crippen molar-refractivity contribution < 1.29 is 14.1 Å². The van der Waals surface area contributed by atoms with E-state index in [2.05, 4.69) is 25.3 Å². The predicted octanol–water partition coefficient (Wildman–Crippen LogP) is 1.27. The van der Waals surface area contributed by atoms with Gasteiger partial charge in [-0.15, -0.1) is 0 Å². The molecule has 0 spiro atoms. The van der Waals surface area contributed by atoms with E-state index in [9.17, 15) is 4.79 Å². The molecule has 1 aliphatic heterocycles. The first kappa shape index (κ1) is 16.4. The Morgan fingerprint density at radius 3 is 2.75 bits per heavy atom. The smallest absolute Gasteiger partial charge is 0.270 e. The number of ether oxygens (including phenoxy) is 1. The van der Waals surface area contributed by atoms with Crippen LogP contribution in [0.25, 0.3) is 0 Å². The minimum absolute atomic E-state index is 0.280. The number of hydrogen-bond donors (Lipinski definition) is 1. The number of aromatic nitrogens is 3. The molecule has 3 rings (SSSR count). The van der Waals surface area contributed by atoms with E-state index in [0.29, 0.717) is 30.6 Å². The zero-order valence-corrected chi connectivity index (χ0v) is 14.1. The number of hydrogen-bond acceptors (Lipinski definition) is 7. The summed E-state index contributed by atoms with van der Waals surface area (Å²) in [5.41, 5.74) is 0.560. The van der Waals surface area contributed by atoms with Crippen LogP contribution >= 0.6 is 0 Å². The van der Waals surface area contributed by atoms with Gasteiger partial charge in [-0.2, -0.15) is 4.98 Å². The number of morpholine rings is 1. The van der Waals surface area contributed by atoms with Crippen LogP contribution < -0.4 is 10.2 Å². The maximum atomic E-state index is 12.6. The minimum Gasteiger partial charge on any atom is -0.378 e. The van der Waals surface area contributed by atoms with E-state index >= 15 is 0 Å². The molecule has 0 unspecified atom stereocenters. The third-order valence-electron chi connectivity index (χ3n) is 3.87. The van der Waals surface area contributed by atoms with Crippen molar-refractivity contribution in [1.82, 2.24) is 20.4 Å². The average molecular weight is 331 g/mol. The maximum absolute atomic E-state index is 12.6. The molecule has 8 heteroatoms. The molecule has 0 saturated carbocycles. The molecule has 2 aromatic rings. The lowest BCUT2D eigenvalue weighted by molar-refractivity contribution is 0.0902. The van der Waals surface area contributed by atoms with Gasteiger partial charge >= 0.3 is 0 Å². The van der Waals surface area contributed by atoms with Crippen molar-refractivity contribution in [3.05, 3.63) is 35.7 Å². The molecule has 0 aliphatic carbocycles. The third kappa shape index (κ3) is 3.53. The number of rotatable bonds is 4. The van der Waals surface area contributed by atoms with Crippen LogP contribution in [0, 0.1) is 6.92 Å². The monoisotopic (exact) mass is 331 g/mol. The number of carbonyl (C=O) groups excluding carboxylic acids is 1. The normalized spacial score (nSPS) is 15.4. The Labute approximate surface area is 140 Å². The van der Waals surface area contributed by atoms with Crippen LogP contribution in [-0.2, 0) is 10.3 Å². The summed E-state index contributed by atoms with van der Waals surface area (Å²) in [5, 5.41) is 6.78. The molecule has 0 radical (unpaired) electrons. The second-order valence-corrected chi connectivity index (χ2v) is 6.21. The summed E-state index contributed by atoms with van der Waals surface area (Å²) in [7, 11) is 0. The third-order valence-corrected chi connectivity index (χ3v) is 3.87. The number of pyridine rings is 1. The van der Waals surface area contributed by atoms with Gasteiger partial charge in [0.15, 0.2) is 5.82 Å². The number of aryl methyl sites for hydroxylation is 1. The SMILES string of the molecule is Cc1nc(C(C)(C)NC(=O)c2cc(N3CCOCC3)ccn2)no1. The summed E-state index contributed by atoms with van der Waals surface area (Å²) < 4.78 is 10.3. The fourth-order valence-electron chi connectivity index (χ4n) is 2.52. The Bertz CT molecular complexity index is 722. The van der Waals surface area contributed by atoms with Crippen LogP contribution in [0.2, 0.25) is 0 Å². The fourth-order valence-corrected chi connectivity index (χ4v) is 2.52. The Hall–Kier alpha value is -2.48. The summed E-state index contributed by atoms with van der Waals surface area (Å²) in [4.78, 5) is 23.1. The molecule has 24 heavy (non-hydrogen) atoms. The maximum Gasteiger partial charge on any atom is 0.270 e. The van der Waals surface area contributed by atoms with Gasteiger partial charge < -0.3 is 19.5 Å². The molecule has 1 amide bonds. The van der Waals surface area contributed by atoms with Gasteiger partial charge in [0.2, 0.25) is 5.89 Å². The van der Waals surface area contributed by atoms with Crippen molar-refractivity contribution in [2.75, 3.05) is 31.2 Å². The topological polar surface area (TPSA) is 93.4 Å². The lowest BCUT2D eigenvalue weighted by Gasteiger charge is -2.29. The van der Waals surface area contributed by atoms with Crippen molar-refractivity contribution in [2.24, 2.45) is 0 Å². The molecule has 8 nitrogen and oxygen atoms in total. The van der Waals surface area contributed by atoms with Gasteiger partial charge in [-0.25, -0.2) is 0 Å². The molecule has 0 atom stereocenters. The summed E-state index contributed by atoms with van der Waals surface area (Å²) in [5.74, 6) is 0.606. The van der Waals surface area contributed by atoms with Crippen LogP contribution in [0.3, 0.4) is 0 Å². The summed E-state index contributed by atoms with van der Waals surface area (Å²) in [6.45, 7) is 8.34. The molecule has 128 valence electrons. The van der Waals surface area contributed by atoms with Gasteiger partial charge in [0.25, 0.3) is 5.91 Å². The van der Waals surface area contributed by atoms with E-state index in [0.717, 1.165) is 18.8 Å². The molecular weight excluding hydrogens is 310 g/mol. The first-order valence-electron chi connectivity index (χ1n) is 7.88. The minimum atomic E-state index is -0.758. The van der Waals surface area contributed by atoms with Crippen molar-refractivity contribution in [1.29, 1.82) is 0 Å². The van der Waals surface area contributed by atoms with Gasteiger partial charge in [0.1, 0.15) is 5.69 Å². The molecule has 1 N–H and O–H groups in total. The lowest BCUT2D eigenvalue weighted by Crippen LogP contribution is -2.42. The van der Waals surface area contributed by atoms with Crippen LogP contribution in [0.5, 0.6) is 0 Å². The fraction of sp³-hybridized carbons (Fsp3) is 0.500. The number of nitrogens with zero attached hydrogens (tertiary/aromatic N) is 4. The zero-order chi connectivity index (χ0) is 17.2. The summed E-state index contributed by atoms with van der Waals surface area (Å²) in [6.07, 6.45) is 1.64. The number of carbonyl (C=O) groups is 1. The first-order valence-corrected chi connectivity index (χ1v) is 7.88. The number of anilines is 1. The van der Waals surface area contributed by atoms with E-state index < -0.39 is 5.54 Å². The number of nitrogens with one attached hydrogen (secondary N) is 1. The molecule has 3 heterocycles. The second kappa shape index (κ2) is 6.56. The van der Waals surface area contributed by atoms with Gasteiger partial charge in [-0.1, -0.05) is 5.16 Å². The van der Waals surface area contributed by atoms with Crippen molar-refractivity contribution >= 4 is 11.6 Å². The van der Waals surface area contributed by atoms with Crippen molar-refractivity contribution in [3.63, 3.8) is 0 Å². The van der Waals surface area contributed by atoms with Crippen molar-refractivity contribution in [3.8, 4) is 0 Å². The van der Waals surface area contributed by atoms with E-state index in [1.807, 2.05) is 19.9 Å². The Kier molecular flexibility index (Phi) is 4.48. The van der Waals surface area contributed by atoms with Crippen LogP contribution in [0.4, 0.5) is 5.69 Å². The first-order chi connectivity index (χ1) is 11.5. The Balaban J connectivity index is 1.75. The highest BCUT2D eigenvalue weighted by Crippen LogP contribution is 2.19. The van der Waals surface area contributed by atoms with E-state index in [-0.39, 0.29) is 5.91 Å². The molecule has 1 fully saturated rings. The molecule has 0 aromatic carbocycles. The molecule has 0 bridgehead atoms. The Morgan fingerprint density at radius 2 is 2.08 bits per heavy atom. The average Bonchev–Trinajstić information content (AvgIpc) is 3.03. The van der Waals surface area contributed by atoms with Crippen LogP contribution in [0.1, 0.15) is 36.1 Å². The van der Waals surface area contributed by atoms with Crippen LogP contribution in [-0.4, -0.2) is 47.3 Å². The van der Waals surface area contributed by atoms with Gasteiger partial charge in [-0.3, -0.25) is 9.78 Å². The molecule has 1 aliphatic rings. The molecule has 1 saturated heterocycles. The molecular formula is C16H21N5O3. The summed E-state index contributed by atoms with van der Waals surface area (Å²) >= 11 is 0. The summed E-state index contributed by atoms with van der Waals surface area (Å²) in [6, 6.07) is 3.69. The lowest BCUT2D eigenvalue weighted by atomic mass is 10.0. The quantitative estimate of drug-likeness (QED) is 0.902.